The van der Waals surface area contributed by atoms with Gasteiger partial charge in [0.2, 0.25) is 0 Å². The minimum atomic E-state index is -4.20. The second-order valence-corrected chi connectivity index (χ2v) is 5.26. The standard InChI is InChI=1S/C15H23F3N2O/c1-11(2)20(10-15(16,17)18)9-14(19-3)12-6-5-7-13(8-12)21-4/h5-8,11,14,19H,9-10H2,1-4H3. The van der Waals surface area contributed by atoms with Crippen molar-refractivity contribution in [2.75, 3.05) is 27.2 Å². The van der Waals surface area contributed by atoms with Crippen LogP contribution in [0.4, 0.5) is 13.2 Å². The SMILES string of the molecule is CNC(CN(CC(F)(F)F)C(C)C)c1cccc(OC)c1. The van der Waals surface area contributed by atoms with E-state index in [9.17, 15) is 13.2 Å². The van der Waals surface area contributed by atoms with Crippen LogP contribution in [0.1, 0.15) is 25.5 Å². The van der Waals surface area contributed by atoms with Gasteiger partial charge >= 0.3 is 6.18 Å². The molecule has 0 amide bonds. The summed E-state index contributed by atoms with van der Waals surface area (Å²) >= 11 is 0. The maximum Gasteiger partial charge on any atom is 0.401 e. The molecule has 1 atom stereocenters. The third-order valence-corrected chi connectivity index (χ3v) is 3.37. The molecule has 1 unspecified atom stereocenters. The lowest BCUT2D eigenvalue weighted by Crippen LogP contribution is -2.43. The van der Waals surface area contributed by atoms with E-state index >= 15 is 0 Å². The molecule has 1 aromatic carbocycles. The summed E-state index contributed by atoms with van der Waals surface area (Å²) in [5, 5.41) is 3.08. The van der Waals surface area contributed by atoms with Gasteiger partial charge in [-0.3, -0.25) is 4.90 Å². The van der Waals surface area contributed by atoms with E-state index in [4.69, 9.17) is 4.74 Å². The van der Waals surface area contributed by atoms with Crippen molar-refractivity contribution in [2.45, 2.75) is 32.1 Å². The lowest BCUT2D eigenvalue weighted by atomic mass is 10.1. The fourth-order valence-corrected chi connectivity index (χ4v) is 2.14. The predicted molar refractivity (Wildman–Crippen MR) is 77.6 cm³/mol. The minimum Gasteiger partial charge on any atom is -0.497 e. The number of rotatable bonds is 7. The first-order valence-corrected chi connectivity index (χ1v) is 6.89. The van der Waals surface area contributed by atoms with Crippen LogP contribution < -0.4 is 10.1 Å². The van der Waals surface area contributed by atoms with Crippen molar-refractivity contribution in [3.8, 4) is 5.75 Å². The van der Waals surface area contributed by atoms with Gasteiger partial charge in [0.25, 0.3) is 0 Å². The fraction of sp³-hybridized carbons (Fsp3) is 0.600. The number of halogens is 3. The highest BCUT2D eigenvalue weighted by Crippen LogP contribution is 2.23. The number of alkyl halides is 3. The van der Waals surface area contributed by atoms with Gasteiger partial charge in [0.1, 0.15) is 5.75 Å². The largest absolute Gasteiger partial charge is 0.497 e. The normalized spacial score (nSPS) is 13.8. The van der Waals surface area contributed by atoms with E-state index in [1.54, 1.807) is 28.0 Å². The Morgan fingerprint density at radius 2 is 1.95 bits per heavy atom. The highest BCUT2D eigenvalue weighted by molar-refractivity contribution is 5.30. The van der Waals surface area contributed by atoms with Crippen LogP contribution in [0.2, 0.25) is 0 Å². The van der Waals surface area contributed by atoms with Gasteiger partial charge in [0.15, 0.2) is 0 Å². The number of nitrogens with zero attached hydrogens (tertiary/aromatic N) is 1. The summed E-state index contributed by atoms with van der Waals surface area (Å²) in [6, 6.07) is 7.00. The molecule has 0 aliphatic carbocycles. The van der Waals surface area contributed by atoms with E-state index in [-0.39, 0.29) is 18.6 Å². The van der Waals surface area contributed by atoms with Crippen molar-refractivity contribution in [1.82, 2.24) is 10.2 Å². The molecular formula is C15H23F3N2O. The smallest absolute Gasteiger partial charge is 0.401 e. The summed E-state index contributed by atoms with van der Waals surface area (Å²) in [7, 11) is 3.31. The quantitative estimate of drug-likeness (QED) is 0.837. The van der Waals surface area contributed by atoms with Crippen molar-refractivity contribution in [1.29, 1.82) is 0 Å². The molecule has 0 spiro atoms. The molecule has 1 rings (SSSR count). The number of hydrogen-bond donors (Lipinski definition) is 1. The van der Waals surface area contributed by atoms with Crippen LogP contribution in [0, 0.1) is 0 Å². The second-order valence-electron chi connectivity index (χ2n) is 5.26. The zero-order chi connectivity index (χ0) is 16.0. The first kappa shape index (κ1) is 17.8. The van der Waals surface area contributed by atoms with Crippen molar-refractivity contribution >= 4 is 0 Å². The molecule has 120 valence electrons. The van der Waals surface area contributed by atoms with Gasteiger partial charge in [-0.25, -0.2) is 0 Å². The Kier molecular flexibility index (Phi) is 6.48. The first-order valence-electron chi connectivity index (χ1n) is 6.89. The van der Waals surface area contributed by atoms with Crippen molar-refractivity contribution in [3.63, 3.8) is 0 Å². The number of likely N-dealkylation sites (N-methyl/N-ethyl adjacent to an activating group) is 1. The van der Waals surface area contributed by atoms with Gasteiger partial charge in [0, 0.05) is 18.6 Å². The monoisotopic (exact) mass is 304 g/mol. The Hall–Kier alpha value is -1.27. The van der Waals surface area contributed by atoms with Crippen molar-refractivity contribution < 1.29 is 17.9 Å². The van der Waals surface area contributed by atoms with Gasteiger partial charge in [-0.05, 0) is 38.6 Å². The summed E-state index contributed by atoms with van der Waals surface area (Å²) < 4.78 is 43.1. The van der Waals surface area contributed by atoms with E-state index in [0.717, 1.165) is 5.56 Å². The number of methoxy groups -OCH3 is 1. The van der Waals surface area contributed by atoms with E-state index in [0.29, 0.717) is 5.75 Å². The van der Waals surface area contributed by atoms with Crippen LogP contribution in [0.15, 0.2) is 24.3 Å². The van der Waals surface area contributed by atoms with Gasteiger partial charge in [-0.15, -0.1) is 0 Å². The summed E-state index contributed by atoms with van der Waals surface area (Å²) in [5.41, 5.74) is 0.907. The summed E-state index contributed by atoms with van der Waals surface area (Å²) in [6.07, 6.45) is -4.20. The van der Waals surface area contributed by atoms with E-state index in [2.05, 4.69) is 5.32 Å². The third kappa shape index (κ3) is 5.93. The molecule has 0 saturated heterocycles. The van der Waals surface area contributed by atoms with Crippen LogP contribution >= 0.6 is 0 Å². The fourth-order valence-electron chi connectivity index (χ4n) is 2.14. The Morgan fingerprint density at radius 1 is 1.29 bits per heavy atom. The molecule has 0 fully saturated rings. The zero-order valence-electron chi connectivity index (χ0n) is 12.9. The predicted octanol–water partition coefficient (Wildman–Crippen LogP) is 3.23. The van der Waals surface area contributed by atoms with E-state index < -0.39 is 12.7 Å². The lowest BCUT2D eigenvalue weighted by molar-refractivity contribution is -0.150. The third-order valence-electron chi connectivity index (χ3n) is 3.37. The molecule has 1 N–H and O–H groups in total. The maximum absolute atomic E-state index is 12.7. The summed E-state index contributed by atoms with van der Waals surface area (Å²) in [5.74, 6) is 0.694. The lowest BCUT2D eigenvalue weighted by Gasteiger charge is -2.31. The highest BCUT2D eigenvalue weighted by atomic mass is 19.4. The van der Waals surface area contributed by atoms with Gasteiger partial charge in [-0.1, -0.05) is 12.1 Å². The Morgan fingerprint density at radius 3 is 2.43 bits per heavy atom. The number of hydrogen-bond acceptors (Lipinski definition) is 3. The molecule has 0 aliphatic rings. The van der Waals surface area contributed by atoms with Gasteiger partial charge in [-0.2, -0.15) is 13.2 Å². The van der Waals surface area contributed by atoms with E-state index in [1.165, 1.54) is 4.90 Å². The van der Waals surface area contributed by atoms with Gasteiger partial charge < -0.3 is 10.1 Å². The molecule has 0 saturated carbocycles. The topological polar surface area (TPSA) is 24.5 Å². The summed E-state index contributed by atoms with van der Waals surface area (Å²) in [4.78, 5) is 1.42. The van der Waals surface area contributed by atoms with Crippen LogP contribution in [0.5, 0.6) is 5.75 Å². The minimum absolute atomic E-state index is 0.187. The maximum atomic E-state index is 12.7. The Balaban J connectivity index is 2.87. The molecule has 21 heavy (non-hydrogen) atoms. The zero-order valence-corrected chi connectivity index (χ0v) is 12.9. The molecule has 3 nitrogen and oxygen atoms in total. The van der Waals surface area contributed by atoms with Crippen molar-refractivity contribution in [3.05, 3.63) is 29.8 Å². The molecule has 1 aromatic rings. The molecule has 0 aromatic heterocycles. The van der Waals surface area contributed by atoms with Crippen molar-refractivity contribution in [2.24, 2.45) is 0 Å². The Bertz CT molecular complexity index is 435. The first-order chi connectivity index (χ1) is 9.76. The molecule has 6 heteroatoms. The Labute approximate surface area is 124 Å². The number of nitrogens with one attached hydrogen (secondary N) is 1. The van der Waals surface area contributed by atoms with Crippen LogP contribution in [0.25, 0.3) is 0 Å². The molecular weight excluding hydrogens is 281 g/mol. The second kappa shape index (κ2) is 7.66. The van der Waals surface area contributed by atoms with E-state index in [1.807, 2.05) is 24.3 Å². The summed E-state index contributed by atoms with van der Waals surface area (Å²) in [6.45, 7) is 2.90. The number of ether oxygens (including phenoxy) is 1. The van der Waals surface area contributed by atoms with Crippen LogP contribution in [-0.2, 0) is 0 Å². The van der Waals surface area contributed by atoms with Crippen LogP contribution in [0.3, 0.4) is 0 Å². The highest BCUT2D eigenvalue weighted by Gasteiger charge is 2.32. The molecule has 0 radical (unpaired) electrons. The molecule has 0 heterocycles. The molecule has 0 aliphatic heterocycles. The van der Waals surface area contributed by atoms with Gasteiger partial charge in [0.05, 0.1) is 13.7 Å². The average molecular weight is 304 g/mol. The average Bonchev–Trinajstić information content (AvgIpc) is 2.42. The number of benzene rings is 1. The van der Waals surface area contributed by atoms with Crippen LogP contribution in [-0.4, -0.2) is 44.4 Å². The molecule has 0 bridgehead atoms.